The SMILES string of the molecule is FC(F)=C(F)C1(F)C(F)(F)C(F)=C(F)C(F)(F)C1(F)F. The van der Waals surface area contributed by atoms with Gasteiger partial charge in [-0.25, -0.2) is 17.6 Å². The van der Waals surface area contributed by atoms with Gasteiger partial charge in [-0.15, -0.1) is 0 Å². The Hall–Kier alpha value is -1.36. The van der Waals surface area contributed by atoms with Gasteiger partial charge in [-0.3, -0.25) is 0 Å². The van der Waals surface area contributed by atoms with Crippen molar-refractivity contribution in [3.05, 3.63) is 23.6 Å². The number of halogens is 12. The molecule has 0 saturated carbocycles. The fourth-order valence-corrected chi connectivity index (χ4v) is 1.38. The average molecular weight is 324 g/mol. The molecule has 1 aliphatic carbocycles. The molecular formula is C8F12. The summed E-state index contributed by atoms with van der Waals surface area (Å²) in [5.41, 5.74) is -6.79. The normalized spacial score (nSPS) is 31.2. The van der Waals surface area contributed by atoms with E-state index in [1.54, 1.807) is 0 Å². The molecule has 0 bridgehead atoms. The van der Waals surface area contributed by atoms with Crippen molar-refractivity contribution in [2.45, 2.75) is 23.4 Å². The molecule has 1 unspecified atom stereocenters. The molecule has 116 valence electrons. The van der Waals surface area contributed by atoms with Gasteiger partial charge < -0.3 is 0 Å². The third-order valence-electron chi connectivity index (χ3n) is 2.47. The summed E-state index contributed by atoms with van der Waals surface area (Å²) in [4.78, 5) is 0. The lowest BCUT2D eigenvalue weighted by molar-refractivity contribution is -0.317. The van der Waals surface area contributed by atoms with Gasteiger partial charge in [0.05, 0.1) is 0 Å². The van der Waals surface area contributed by atoms with Gasteiger partial charge in [0.1, 0.15) is 0 Å². The van der Waals surface area contributed by atoms with Crippen LogP contribution in [-0.2, 0) is 0 Å². The summed E-state index contributed by atoms with van der Waals surface area (Å²) >= 11 is 0. The van der Waals surface area contributed by atoms with Crippen molar-refractivity contribution in [1.29, 1.82) is 0 Å². The van der Waals surface area contributed by atoms with E-state index in [1.165, 1.54) is 0 Å². The Kier molecular flexibility index (Phi) is 3.40. The zero-order chi connectivity index (χ0) is 16.3. The zero-order valence-electron chi connectivity index (χ0n) is 8.54. The van der Waals surface area contributed by atoms with Crippen molar-refractivity contribution < 1.29 is 52.7 Å². The summed E-state index contributed by atoms with van der Waals surface area (Å²) in [5, 5.41) is 0. The Bertz CT molecular complexity index is 496. The highest BCUT2D eigenvalue weighted by Crippen LogP contribution is 2.64. The lowest BCUT2D eigenvalue weighted by Crippen LogP contribution is -2.68. The van der Waals surface area contributed by atoms with E-state index in [0.29, 0.717) is 0 Å². The minimum absolute atomic E-state index is 4.08. The standard InChI is InChI=1S/C8F12/c9-1-2(10)7(17,18)8(19,20)5(14,6(1,15)16)3(11)4(12)13. The van der Waals surface area contributed by atoms with Crippen LogP contribution >= 0.6 is 0 Å². The highest BCUT2D eigenvalue weighted by atomic mass is 19.3. The Morgan fingerprint density at radius 1 is 0.650 bits per heavy atom. The Morgan fingerprint density at radius 2 is 1.00 bits per heavy atom. The van der Waals surface area contributed by atoms with Crippen molar-refractivity contribution in [3.63, 3.8) is 0 Å². The molecule has 1 aliphatic rings. The summed E-state index contributed by atoms with van der Waals surface area (Å²) in [5.74, 6) is -32.7. The van der Waals surface area contributed by atoms with E-state index in [9.17, 15) is 52.7 Å². The number of hydrogen-bond donors (Lipinski definition) is 0. The lowest BCUT2D eigenvalue weighted by Gasteiger charge is -2.43. The number of rotatable bonds is 1. The highest BCUT2D eigenvalue weighted by Gasteiger charge is 2.88. The van der Waals surface area contributed by atoms with Gasteiger partial charge in [-0.2, -0.15) is 35.1 Å². The lowest BCUT2D eigenvalue weighted by atomic mass is 9.79. The molecule has 0 heterocycles. The van der Waals surface area contributed by atoms with Gasteiger partial charge in [0.15, 0.2) is 0 Å². The monoisotopic (exact) mass is 324 g/mol. The quantitative estimate of drug-likeness (QED) is 0.605. The maximum Gasteiger partial charge on any atom is 0.367 e. The Balaban J connectivity index is 3.90. The average Bonchev–Trinajstić information content (AvgIpc) is 2.32. The van der Waals surface area contributed by atoms with Crippen LogP contribution in [0.3, 0.4) is 0 Å². The highest BCUT2D eigenvalue weighted by molar-refractivity contribution is 5.40. The van der Waals surface area contributed by atoms with Crippen LogP contribution in [0.1, 0.15) is 0 Å². The first kappa shape index (κ1) is 16.7. The largest absolute Gasteiger partial charge is 0.367 e. The molecule has 0 aliphatic heterocycles. The topological polar surface area (TPSA) is 0 Å². The maximum atomic E-state index is 13.4. The first-order valence-corrected chi connectivity index (χ1v) is 4.27. The maximum absolute atomic E-state index is 13.4. The molecule has 0 radical (unpaired) electrons. The van der Waals surface area contributed by atoms with Crippen LogP contribution in [0.5, 0.6) is 0 Å². The molecule has 1 atom stereocenters. The van der Waals surface area contributed by atoms with E-state index in [0.717, 1.165) is 0 Å². The van der Waals surface area contributed by atoms with Crippen molar-refractivity contribution >= 4 is 0 Å². The molecule has 0 aromatic carbocycles. The molecule has 0 fully saturated rings. The Morgan fingerprint density at radius 3 is 1.35 bits per heavy atom. The molecule has 0 amide bonds. The summed E-state index contributed by atoms with van der Waals surface area (Å²) in [6.45, 7) is 0. The number of hydrogen-bond acceptors (Lipinski definition) is 0. The second kappa shape index (κ2) is 4.07. The van der Waals surface area contributed by atoms with Crippen LogP contribution in [0.4, 0.5) is 52.7 Å². The number of allylic oxidation sites excluding steroid dienone is 3. The fourth-order valence-electron chi connectivity index (χ4n) is 1.38. The summed E-state index contributed by atoms with van der Waals surface area (Å²) in [6, 6.07) is 0. The third kappa shape index (κ3) is 1.53. The molecule has 0 N–H and O–H groups in total. The van der Waals surface area contributed by atoms with Crippen LogP contribution in [-0.4, -0.2) is 23.4 Å². The molecule has 12 heteroatoms. The summed E-state index contributed by atoms with van der Waals surface area (Å²) in [7, 11) is 0. The smallest absolute Gasteiger partial charge is 0.221 e. The molecule has 20 heavy (non-hydrogen) atoms. The van der Waals surface area contributed by atoms with E-state index in [4.69, 9.17) is 0 Å². The predicted octanol–water partition coefficient (Wildman–Crippen LogP) is 4.84. The molecule has 0 aromatic heterocycles. The van der Waals surface area contributed by atoms with Crippen LogP contribution < -0.4 is 0 Å². The van der Waals surface area contributed by atoms with Gasteiger partial charge >= 0.3 is 29.5 Å². The van der Waals surface area contributed by atoms with E-state index in [-0.39, 0.29) is 0 Å². The van der Waals surface area contributed by atoms with E-state index < -0.39 is 47.0 Å². The molecule has 0 nitrogen and oxygen atoms in total. The second-order valence-corrected chi connectivity index (χ2v) is 3.58. The Labute approximate surface area is 101 Å². The molecule has 0 spiro atoms. The van der Waals surface area contributed by atoms with Gasteiger partial charge in [0.25, 0.3) is 0 Å². The van der Waals surface area contributed by atoms with Gasteiger partial charge in [0, 0.05) is 0 Å². The fraction of sp³-hybridized carbons (Fsp3) is 0.500. The van der Waals surface area contributed by atoms with E-state index in [2.05, 4.69) is 0 Å². The summed E-state index contributed by atoms with van der Waals surface area (Å²) in [6.07, 6.45) is -4.15. The molecule has 0 aromatic rings. The third-order valence-corrected chi connectivity index (χ3v) is 2.47. The predicted molar refractivity (Wildman–Crippen MR) is 38.3 cm³/mol. The summed E-state index contributed by atoms with van der Waals surface area (Å²) < 4.78 is 151. The number of alkyl halides is 7. The van der Waals surface area contributed by atoms with Crippen molar-refractivity contribution in [2.75, 3.05) is 0 Å². The molecule has 0 saturated heterocycles. The molecule has 1 rings (SSSR count). The first-order valence-electron chi connectivity index (χ1n) is 4.27. The van der Waals surface area contributed by atoms with E-state index in [1.807, 2.05) is 0 Å². The van der Waals surface area contributed by atoms with Crippen molar-refractivity contribution in [1.82, 2.24) is 0 Å². The minimum atomic E-state index is -7.02. The van der Waals surface area contributed by atoms with Gasteiger partial charge in [-0.1, -0.05) is 0 Å². The van der Waals surface area contributed by atoms with Gasteiger partial charge in [-0.05, 0) is 0 Å². The first-order chi connectivity index (χ1) is 8.67. The van der Waals surface area contributed by atoms with Crippen LogP contribution in [0.2, 0.25) is 0 Å². The minimum Gasteiger partial charge on any atom is -0.221 e. The van der Waals surface area contributed by atoms with Crippen LogP contribution in [0, 0.1) is 0 Å². The van der Waals surface area contributed by atoms with E-state index >= 15 is 0 Å². The van der Waals surface area contributed by atoms with Crippen LogP contribution in [0.25, 0.3) is 0 Å². The van der Waals surface area contributed by atoms with Crippen molar-refractivity contribution in [3.8, 4) is 0 Å². The van der Waals surface area contributed by atoms with Crippen molar-refractivity contribution in [2.24, 2.45) is 0 Å². The van der Waals surface area contributed by atoms with Crippen LogP contribution in [0.15, 0.2) is 23.6 Å². The van der Waals surface area contributed by atoms with Gasteiger partial charge in [0.2, 0.25) is 17.5 Å². The zero-order valence-corrected chi connectivity index (χ0v) is 8.54. The molecular weight excluding hydrogens is 324 g/mol. The second-order valence-electron chi connectivity index (χ2n) is 3.58.